The van der Waals surface area contributed by atoms with Crippen LogP contribution in [0.1, 0.15) is 5.56 Å². The molecule has 11 heteroatoms. The van der Waals surface area contributed by atoms with E-state index in [2.05, 4.69) is 23.8 Å². The van der Waals surface area contributed by atoms with E-state index in [-0.39, 0.29) is 6.61 Å². The van der Waals surface area contributed by atoms with Crippen LogP contribution in [0.3, 0.4) is 0 Å². The van der Waals surface area contributed by atoms with Crippen molar-refractivity contribution >= 4 is 38.4 Å². The van der Waals surface area contributed by atoms with E-state index in [9.17, 15) is 8.42 Å². The maximum atomic E-state index is 10.5. The molecule has 0 aliphatic rings. The maximum Gasteiger partial charge on any atom is 0.397 e. The van der Waals surface area contributed by atoms with E-state index in [0.717, 1.165) is 22.8 Å². The van der Waals surface area contributed by atoms with Crippen LogP contribution in [0.2, 0.25) is 0 Å². The van der Waals surface area contributed by atoms with E-state index < -0.39 is 10.4 Å². The summed E-state index contributed by atoms with van der Waals surface area (Å²) in [6.45, 7) is 2.04. The Morgan fingerprint density at radius 1 is 1.39 bits per heavy atom. The van der Waals surface area contributed by atoms with Crippen LogP contribution < -0.4 is 4.90 Å². The molecule has 0 aliphatic carbocycles. The van der Waals surface area contributed by atoms with Gasteiger partial charge in [-0.2, -0.15) is 12.8 Å². The number of hydrogen-bond acceptors (Lipinski definition) is 9. The molecule has 0 spiro atoms. The van der Waals surface area contributed by atoms with Crippen LogP contribution in [-0.2, 0) is 14.6 Å². The lowest BCUT2D eigenvalue weighted by Crippen LogP contribution is -2.23. The molecule has 2 aromatic rings. The summed E-state index contributed by atoms with van der Waals surface area (Å²) in [5.41, 5.74) is 2.46. The lowest BCUT2D eigenvalue weighted by molar-refractivity contribution is 0.274. The van der Waals surface area contributed by atoms with Crippen LogP contribution in [0.5, 0.6) is 0 Å². The molecule has 23 heavy (non-hydrogen) atoms. The molecule has 9 nitrogen and oxygen atoms in total. The SMILES string of the molecule is Cc1cc(N(C)CCOS(=O)(=O)O)ccc1N=Nc1ncns1. The minimum absolute atomic E-state index is 0.146. The zero-order valence-electron chi connectivity index (χ0n) is 12.4. The Kier molecular flexibility index (Phi) is 5.71. The highest BCUT2D eigenvalue weighted by atomic mass is 32.3. The van der Waals surface area contributed by atoms with Crippen LogP contribution in [0, 0.1) is 6.92 Å². The van der Waals surface area contributed by atoms with Crippen molar-refractivity contribution in [3.63, 3.8) is 0 Å². The monoisotopic (exact) mass is 357 g/mol. The number of anilines is 1. The second-order valence-electron chi connectivity index (χ2n) is 4.57. The number of aromatic nitrogens is 2. The van der Waals surface area contributed by atoms with E-state index in [1.54, 1.807) is 18.0 Å². The van der Waals surface area contributed by atoms with Crippen molar-refractivity contribution in [1.82, 2.24) is 9.36 Å². The lowest BCUT2D eigenvalue weighted by Gasteiger charge is -2.19. The first-order chi connectivity index (χ1) is 10.8. The van der Waals surface area contributed by atoms with Crippen LogP contribution in [0.25, 0.3) is 0 Å². The van der Waals surface area contributed by atoms with Crippen LogP contribution in [0.15, 0.2) is 34.8 Å². The fraction of sp³-hybridized carbons (Fsp3) is 0.333. The van der Waals surface area contributed by atoms with Crippen molar-refractivity contribution in [2.24, 2.45) is 10.2 Å². The van der Waals surface area contributed by atoms with Gasteiger partial charge in [0.15, 0.2) is 0 Å². The second kappa shape index (κ2) is 7.55. The summed E-state index contributed by atoms with van der Waals surface area (Å²) >= 11 is 1.15. The normalized spacial score (nSPS) is 12.0. The second-order valence-corrected chi connectivity index (χ2v) is 6.42. The average Bonchev–Trinajstić information content (AvgIpc) is 2.97. The van der Waals surface area contributed by atoms with Gasteiger partial charge in [-0.1, -0.05) is 0 Å². The zero-order valence-corrected chi connectivity index (χ0v) is 14.1. The Morgan fingerprint density at radius 2 is 2.17 bits per heavy atom. The molecule has 0 saturated carbocycles. The fourth-order valence-electron chi connectivity index (χ4n) is 1.71. The van der Waals surface area contributed by atoms with Gasteiger partial charge in [0.1, 0.15) is 6.33 Å². The summed E-state index contributed by atoms with van der Waals surface area (Å²) in [6, 6.07) is 5.52. The number of rotatable bonds is 7. The zero-order chi connectivity index (χ0) is 16.9. The van der Waals surface area contributed by atoms with Gasteiger partial charge >= 0.3 is 10.4 Å². The van der Waals surface area contributed by atoms with Crippen molar-refractivity contribution in [3.8, 4) is 0 Å². The van der Waals surface area contributed by atoms with Crippen LogP contribution in [0.4, 0.5) is 16.5 Å². The van der Waals surface area contributed by atoms with Gasteiger partial charge in [-0.05, 0) is 30.7 Å². The van der Waals surface area contributed by atoms with Gasteiger partial charge in [0.05, 0.1) is 12.3 Å². The van der Waals surface area contributed by atoms with Gasteiger partial charge < -0.3 is 4.90 Å². The van der Waals surface area contributed by atoms with Crippen LogP contribution in [-0.4, -0.2) is 42.5 Å². The Hall–Kier alpha value is -1.95. The summed E-state index contributed by atoms with van der Waals surface area (Å²) in [5.74, 6) is 0. The molecule has 1 N–H and O–H groups in total. The van der Waals surface area contributed by atoms with E-state index in [1.165, 1.54) is 6.33 Å². The van der Waals surface area contributed by atoms with Crippen molar-refractivity contribution < 1.29 is 17.2 Å². The van der Waals surface area contributed by atoms with Gasteiger partial charge in [0.25, 0.3) is 0 Å². The molecular formula is C12H15N5O4S2. The molecule has 1 aromatic carbocycles. The molecule has 0 radical (unpaired) electrons. The molecule has 0 fully saturated rings. The van der Waals surface area contributed by atoms with Crippen molar-refractivity contribution in [3.05, 3.63) is 30.1 Å². The fourth-order valence-corrected chi connectivity index (χ4v) is 2.35. The van der Waals surface area contributed by atoms with E-state index in [4.69, 9.17) is 4.55 Å². The van der Waals surface area contributed by atoms with Gasteiger partial charge in [-0.3, -0.25) is 4.55 Å². The van der Waals surface area contributed by atoms with Gasteiger partial charge in [-0.25, -0.2) is 9.17 Å². The molecule has 1 aromatic heterocycles. The minimum atomic E-state index is -4.41. The molecule has 1 heterocycles. The molecule has 0 amide bonds. The molecule has 0 bridgehead atoms. The first-order valence-electron chi connectivity index (χ1n) is 6.47. The minimum Gasteiger partial charge on any atom is -0.372 e. The number of nitrogens with zero attached hydrogens (tertiary/aromatic N) is 5. The lowest BCUT2D eigenvalue weighted by atomic mass is 10.1. The molecule has 124 valence electrons. The summed E-state index contributed by atoms with van der Waals surface area (Å²) in [5, 5.41) is 8.59. The smallest absolute Gasteiger partial charge is 0.372 e. The average molecular weight is 357 g/mol. The van der Waals surface area contributed by atoms with Crippen molar-refractivity contribution in [1.29, 1.82) is 0 Å². The predicted octanol–water partition coefficient (Wildman–Crippen LogP) is 2.52. The third-order valence-corrected chi connectivity index (χ3v) is 3.89. The van der Waals surface area contributed by atoms with Gasteiger partial charge in [0, 0.05) is 30.8 Å². The number of benzene rings is 1. The molecular weight excluding hydrogens is 342 g/mol. The number of aryl methyl sites for hydroxylation is 1. The van der Waals surface area contributed by atoms with Crippen LogP contribution >= 0.6 is 11.5 Å². The van der Waals surface area contributed by atoms with Crippen molar-refractivity contribution in [2.75, 3.05) is 25.1 Å². The summed E-state index contributed by atoms with van der Waals surface area (Å²) in [7, 11) is -2.63. The Bertz CT molecular complexity index is 777. The molecule has 0 saturated heterocycles. The predicted molar refractivity (Wildman–Crippen MR) is 86.0 cm³/mol. The molecule has 0 unspecified atom stereocenters. The van der Waals surface area contributed by atoms with E-state index >= 15 is 0 Å². The van der Waals surface area contributed by atoms with Gasteiger partial charge in [0.2, 0.25) is 5.13 Å². The highest BCUT2D eigenvalue weighted by Crippen LogP contribution is 2.26. The summed E-state index contributed by atoms with van der Waals surface area (Å²) in [6.07, 6.45) is 1.42. The Balaban J connectivity index is 2.00. The number of hydrogen-bond donors (Lipinski definition) is 1. The summed E-state index contributed by atoms with van der Waals surface area (Å²) in [4.78, 5) is 5.71. The third kappa shape index (κ3) is 5.63. The number of azo groups is 1. The maximum absolute atomic E-state index is 10.5. The van der Waals surface area contributed by atoms with E-state index in [0.29, 0.717) is 17.4 Å². The quantitative estimate of drug-likeness (QED) is 0.597. The van der Waals surface area contributed by atoms with Crippen molar-refractivity contribution in [2.45, 2.75) is 6.92 Å². The first kappa shape index (κ1) is 17.4. The Morgan fingerprint density at radius 3 is 2.78 bits per heavy atom. The highest BCUT2D eigenvalue weighted by molar-refractivity contribution is 7.80. The number of likely N-dealkylation sites (N-methyl/N-ethyl adjacent to an activating group) is 1. The third-order valence-electron chi connectivity index (χ3n) is 2.87. The Labute approximate surface area is 137 Å². The van der Waals surface area contributed by atoms with E-state index in [1.807, 2.05) is 19.1 Å². The molecule has 0 atom stereocenters. The topological polar surface area (TPSA) is 117 Å². The molecule has 2 rings (SSSR count). The summed E-state index contributed by atoms with van der Waals surface area (Å²) < 4.78 is 37.7. The first-order valence-corrected chi connectivity index (χ1v) is 8.61. The largest absolute Gasteiger partial charge is 0.397 e. The highest BCUT2D eigenvalue weighted by Gasteiger charge is 2.08. The molecule has 0 aliphatic heterocycles. The van der Waals surface area contributed by atoms with Gasteiger partial charge in [-0.15, -0.1) is 10.2 Å². The standard InChI is InChI=1S/C12H15N5O4S2/c1-9-7-10(17(2)5-6-21-23(18,19)20)3-4-11(9)15-16-12-13-8-14-22-12/h3-4,7-8H,5-6H2,1-2H3,(H,18,19,20).